The highest BCUT2D eigenvalue weighted by Crippen LogP contribution is 2.24. The third-order valence-electron chi connectivity index (χ3n) is 4.07. The average Bonchev–Trinajstić information content (AvgIpc) is 3.39. The van der Waals surface area contributed by atoms with E-state index in [-0.39, 0.29) is 24.8 Å². The Labute approximate surface area is 157 Å². The predicted octanol–water partition coefficient (Wildman–Crippen LogP) is 4.12. The van der Waals surface area contributed by atoms with Crippen LogP contribution in [0.15, 0.2) is 54.6 Å². The number of nitrogens with one attached hydrogen (secondary N) is 2. The summed E-state index contributed by atoms with van der Waals surface area (Å²) in [6, 6.07) is 19.9. The molecule has 1 atom stereocenters. The van der Waals surface area contributed by atoms with Crippen molar-refractivity contribution >= 4 is 24.8 Å². The van der Waals surface area contributed by atoms with Crippen LogP contribution in [0.25, 0.3) is 0 Å². The highest BCUT2D eigenvalue weighted by molar-refractivity contribution is 5.85. The number of ether oxygens (including phenoxy) is 1. The van der Waals surface area contributed by atoms with E-state index in [0.717, 1.165) is 18.8 Å². The van der Waals surface area contributed by atoms with Crippen molar-refractivity contribution in [2.75, 3.05) is 13.7 Å². The molecule has 1 aliphatic rings. The normalized spacial score (nSPS) is 14.2. The van der Waals surface area contributed by atoms with Crippen molar-refractivity contribution in [3.05, 3.63) is 65.7 Å². The first kappa shape index (κ1) is 20.8. The van der Waals surface area contributed by atoms with E-state index in [1.54, 1.807) is 7.11 Å². The van der Waals surface area contributed by atoms with Crippen molar-refractivity contribution in [3.63, 3.8) is 0 Å². The molecule has 0 spiro atoms. The number of para-hydroxylation sites is 1. The molecule has 3 rings (SSSR count). The van der Waals surface area contributed by atoms with Crippen LogP contribution in [0, 0.1) is 0 Å². The minimum atomic E-state index is 0. The number of halogens is 2. The van der Waals surface area contributed by atoms with Crippen LogP contribution in [0.5, 0.6) is 5.75 Å². The van der Waals surface area contributed by atoms with Crippen LogP contribution in [-0.4, -0.2) is 19.7 Å². The summed E-state index contributed by atoms with van der Waals surface area (Å²) in [5.74, 6) is 0.946. The van der Waals surface area contributed by atoms with Crippen LogP contribution in [0.2, 0.25) is 0 Å². The highest BCUT2D eigenvalue weighted by atomic mass is 35.5. The molecule has 132 valence electrons. The Bertz CT molecular complexity index is 591. The van der Waals surface area contributed by atoms with E-state index in [4.69, 9.17) is 4.74 Å². The fraction of sp³-hybridized carbons (Fsp3) is 0.368. The van der Waals surface area contributed by atoms with Crippen LogP contribution in [0.1, 0.15) is 30.0 Å². The maximum Gasteiger partial charge on any atom is 0.123 e. The third-order valence-corrected chi connectivity index (χ3v) is 4.07. The summed E-state index contributed by atoms with van der Waals surface area (Å²) >= 11 is 0. The second-order valence-corrected chi connectivity index (χ2v) is 5.85. The monoisotopic (exact) mass is 368 g/mol. The van der Waals surface area contributed by atoms with Gasteiger partial charge in [-0.15, -0.1) is 24.8 Å². The van der Waals surface area contributed by atoms with Gasteiger partial charge in [0, 0.05) is 30.7 Å². The molecule has 0 bridgehead atoms. The van der Waals surface area contributed by atoms with Gasteiger partial charge in [0.05, 0.1) is 7.11 Å². The quantitative estimate of drug-likeness (QED) is 0.734. The average molecular weight is 369 g/mol. The van der Waals surface area contributed by atoms with Gasteiger partial charge >= 0.3 is 0 Å². The lowest BCUT2D eigenvalue weighted by Crippen LogP contribution is -2.32. The van der Waals surface area contributed by atoms with Crippen LogP contribution >= 0.6 is 24.8 Å². The zero-order chi connectivity index (χ0) is 15.2. The molecule has 2 aromatic carbocycles. The Hall–Kier alpha value is -1.26. The number of hydrogen-bond donors (Lipinski definition) is 2. The van der Waals surface area contributed by atoms with Gasteiger partial charge < -0.3 is 15.4 Å². The standard InChI is InChI=1S/C19H24N2O.2ClH/c1-22-19-10-6-5-9-16(19)13-20-14-18(21-17-11-12-17)15-7-3-2-4-8-15;;/h2-10,17-18,20-21H,11-14H2,1H3;2*1H. The van der Waals surface area contributed by atoms with Gasteiger partial charge in [-0.1, -0.05) is 48.5 Å². The topological polar surface area (TPSA) is 33.3 Å². The first-order valence-electron chi connectivity index (χ1n) is 8.00. The first-order valence-corrected chi connectivity index (χ1v) is 8.00. The van der Waals surface area contributed by atoms with Gasteiger partial charge in [-0.05, 0) is 24.5 Å². The molecule has 0 aromatic heterocycles. The summed E-state index contributed by atoms with van der Waals surface area (Å²) in [6.07, 6.45) is 2.60. The van der Waals surface area contributed by atoms with Crippen LogP contribution in [0.3, 0.4) is 0 Å². The molecule has 1 aliphatic carbocycles. The zero-order valence-electron chi connectivity index (χ0n) is 13.9. The van der Waals surface area contributed by atoms with E-state index in [2.05, 4.69) is 53.1 Å². The molecule has 3 nitrogen and oxygen atoms in total. The lowest BCUT2D eigenvalue weighted by molar-refractivity contribution is 0.406. The second kappa shape index (κ2) is 10.6. The SMILES string of the molecule is COc1ccccc1CNCC(NC1CC1)c1ccccc1.Cl.Cl. The summed E-state index contributed by atoms with van der Waals surface area (Å²) in [7, 11) is 1.72. The Kier molecular flexibility index (Phi) is 9.16. The maximum atomic E-state index is 5.41. The lowest BCUT2D eigenvalue weighted by atomic mass is 10.1. The van der Waals surface area contributed by atoms with Crippen molar-refractivity contribution in [3.8, 4) is 5.75 Å². The molecule has 2 aromatic rings. The van der Waals surface area contributed by atoms with Gasteiger partial charge in [-0.2, -0.15) is 0 Å². The molecule has 0 amide bonds. The Morgan fingerprint density at radius 2 is 1.67 bits per heavy atom. The van der Waals surface area contributed by atoms with E-state index in [0.29, 0.717) is 12.1 Å². The van der Waals surface area contributed by atoms with Crippen molar-refractivity contribution in [1.82, 2.24) is 10.6 Å². The molecular formula is C19H26Cl2N2O. The molecule has 0 radical (unpaired) electrons. The van der Waals surface area contributed by atoms with Gasteiger partial charge in [0.15, 0.2) is 0 Å². The summed E-state index contributed by atoms with van der Waals surface area (Å²) in [6.45, 7) is 1.73. The molecule has 1 unspecified atom stereocenters. The third kappa shape index (κ3) is 5.99. The zero-order valence-corrected chi connectivity index (χ0v) is 15.5. The fourth-order valence-electron chi connectivity index (χ4n) is 2.69. The fourth-order valence-corrected chi connectivity index (χ4v) is 2.69. The van der Waals surface area contributed by atoms with E-state index in [1.165, 1.54) is 24.0 Å². The Morgan fingerprint density at radius 3 is 2.33 bits per heavy atom. The maximum absolute atomic E-state index is 5.41. The van der Waals surface area contributed by atoms with Crippen LogP contribution in [0.4, 0.5) is 0 Å². The molecule has 0 aliphatic heterocycles. The number of methoxy groups -OCH3 is 1. The minimum Gasteiger partial charge on any atom is -0.496 e. The summed E-state index contributed by atoms with van der Waals surface area (Å²) in [4.78, 5) is 0. The minimum absolute atomic E-state index is 0. The number of benzene rings is 2. The van der Waals surface area contributed by atoms with Gasteiger partial charge in [0.1, 0.15) is 5.75 Å². The lowest BCUT2D eigenvalue weighted by Gasteiger charge is -2.20. The molecule has 24 heavy (non-hydrogen) atoms. The summed E-state index contributed by atoms with van der Waals surface area (Å²) < 4.78 is 5.41. The van der Waals surface area contributed by atoms with E-state index in [9.17, 15) is 0 Å². The summed E-state index contributed by atoms with van der Waals surface area (Å²) in [5.41, 5.74) is 2.55. The van der Waals surface area contributed by atoms with E-state index < -0.39 is 0 Å². The molecule has 1 fully saturated rings. The van der Waals surface area contributed by atoms with Crippen LogP contribution < -0.4 is 15.4 Å². The number of rotatable bonds is 8. The Morgan fingerprint density at radius 1 is 1.00 bits per heavy atom. The first-order chi connectivity index (χ1) is 10.9. The van der Waals surface area contributed by atoms with Crippen LogP contribution in [-0.2, 0) is 6.54 Å². The number of hydrogen-bond acceptors (Lipinski definition) is 3. The predicted molar refractivity (Wildman–Crippen MR) is 105 cm³/mol. The molecule has 0 heterocycles. The van der Waals surface area contributed by atoms with Gasteiger partial charge in [0.25, 0.3) is 0 Å². The van der Waals surface area contributed by atoms with Crippen molar-refractivity contribution < 1.29 is 4.74 Å². The summed E-state index contributed by atoms with van der Waals surface area (Å²) in [5, 5.41) is 7.29. The van der Waals surface area contributed by atoms with Gasteiger partial charge in [-0.25, -0.2) is 0 Å². The molecule has 0 saturated heterocycles. The largest absolute Gasteiger partial charge is 0.496 e. The van der Waals surface area contributed by atoms with E-state index in [1.807, 2.05) is 12.1 Å². The van der Waals surface area contributed by atoms with Crippen molar-refractivity contribution in [2.45, 2.75) is 31.5 Å². The molecule has 5 heteroatoms. The van der Waals surface area contributed by atoms with Gasteiger partial charge in [-0.3, -0.25) is 0 Å². The van der Waals surface area contributed by atoms with Crippen molar-refractivity contribution in [2.24, 2.45) is 0 Å². The highest BCUT2D eigenvalue weighted by Gasteiger charge is 2.25. The van der Waals surface area contributed by atoms with Gasteiger partial charge in [0.2, 0.25) is 0 Å². The Balaban J connectivity index is 0.00000144. The second-order valence-electron chi connectivity index (χ2n) is 5.85. The van der Waals surface area contributed by atoms with Crippen molar-refractivity contribution in [1.29, 1.82) is 0 Å². The molecule has 2 N–H and O–H groups in total. The van der Waals surface area contributed by atoms with E-state index >= 15 is 0 Å². The smallest absolute Gasteiger partial charge is 0.123 e. The molecule has 1 saturated carbocycles. The molecular weight excluding hydrogens is 343 g/mol.